The smallest absolute Gasteiger partial charge is 0.306 e. The number of ether oxygens (including phenoxy) is 1. The van der Waals surface area contributed by atoms with Gasteiger partial charge in [0.25, 0.3) is 0 Å². The van der Waals surface area contributed by atoms with Crippen molar-refractivity contribution >= 4 is 5.97 Å². The molecule has 16 heavy (non-hydrogen) atoms. The van der Waals surface area contributed by atoms with Crippen molar-refractivity contribution in [3.05, 3.63) is 0 Å². The Morgan fingerprint density at radius 1 is 1.19 bits per heavy atom. The Morgan fingerprint density at radius 2 is 1.94 bits per heavy atom. The second kappa shape index (κ2) is 5.70. The highest BCUT2D eigenvalue weighted by atomic mass is 16.5. The maximum absolute atomic E-state index is 11.6. The van der Waals surface area contributed by atoms with Gasteiger partial charge in [0.2, 0.25) is 0 Å². The molecule has 1 unspecified atom stereocenters. The molecule has 2 heteroatoms. The molecule has 3 aliphatic rings. The van der Waals surface area contributed by atoms with Crippen molar-refractivity contribution in [3.8, 4) is 0 Å². The molecule has 2 nitrogen and oxygen atoms in total. The second-order valence-electron chi connectivity index (χ2n) is 5.50. The maximum atomic E-state index is 11.6. The predicted octanol–water partition coefficient (Wildman–Crippen LogP) is 3.69. The average molecular weight is 224 g/mol. The monoisotopic (exact) mass is 224 g/mol. The van der Waals surface area contributed by atoms with E-state index in [0.717, 1.165) is 25.2 Å². The maximum Gasteiger partial charge on any atom is 0.306 e. The zero-order chi connectivity index (χ0) is 11.4. The van der Waals surface area contributed by atoms with E-state index in [1.807, 2.05) is 0 Å². The van der Waals surface area contributed by atoms with Gasteiger partial charge in [-0.1, -0.05) is 19.8 Å². The van der Waals surface area contributed by atoms with Gasteiger partial charge in [0.05, 0.1) is 0 Å². The number of fused-ring (bicyclic) bond motifs is 3. The summed E-state index contributed by atoms with van der Waals surface area (Å²) < 4.78 is 5.63. The van der Waals surface area contributed by atoms with Crippen LogP contribution in [-0.4, -0.2) is 12.1 Å². The van der Waals surface area contributed by atoms with Gasteiger partial charge in [0.15, 0.2) is 0 Å². The van der Waals surface area contributed by atoms with Crippen molar-refractivity contribution in [3.63, 3.8) is 0 Å². The van der Waals surface area contributed by atoms with E-state index in [2.05, 4.69) is 6.92 Å². The Bertz CT molecular complexity index is 229. The van der Waals surface area contributed by atoms with Crippen LogP contribution in [0.25, 0.3) is 0 Å². The normalized spacial score (nSPS) is 32.7. The summed E-state index contributed by atoms with van der Waals surface area (Å²) in [4.78, 5) is 11.6. The van der Waals surface area contributed by atoms with Gasteiger partial charge in [0.1, 0.15) is 6.10 Å². The lowest BCUT2D eigenvalue weighted by molar-refractivity contribution is -0.157. The fraction of sp³-hybridized carbons (Fsp3) is 0.929. The summed E-state index contributed by atoms with van der Waals surface area (Å²) in [6, 6.07) is 0. The molecule has 3 rings (SSSR count). The van der Waals surface area contributed by atoms with Gasteiger partial charge in [-0.25, -0.2) is 0 Å². The molecule has 3 aliphatic carbocycles. The van der Waals surface area contributed by atoms with Gasteiger partial charge < -0.3 is 4.74 Å². The quantitative estimate of drug-likeness (QED) is 0.526. The number of unbranched alkanes of at least 4 members (excludes halogenated alkanes) is 2. The van der Waals surface area contributed by atoms with E-state index in [-0.39, 0.29) is 12.1 Å². The summed E-state index contributed by atoms with van der Waals surface area (Å²) in [5, 5.41) is 0. The minimum absolute atomic E-state index is 0.0472. The predicted molar refractivity (Wildman–Crippen MR) is 64.1 cm³/mol. The van der Waals surface area contributed by atoms with Crippen LogP contribution in [0.4, 0.5) is 0 Å². The fourth-order valence-corrected chi connectivity index (χ4v) is 3.21. The molecule has 0 radical (unpaired) electrons. The first-order valence-electron chi connectivity index (χ1n) is 6.99. The summed E-state index contributed by atoms with van der Waals surface area (Å²) >= 11 is 0. The SMILES string of the molecule is CCCCCC(=O)OC1CC2CCC1CC2. The Labute approximate surface area is 98.7 Å². The van der Waals surface area contributed by atoms with E-state index in [9.17, 15) is 4.79 Å². The van der Waals surface area contributed by atoms with Crippen LogP contribution in [0.5, 0.6) is 0 Å². The van der Waals surface area contributed by atoms with E-state index >= 15 is 0 Å². The van der Waals surface area contributed by atoms with Crippen LogP contribution in [0.3, 0.4) is 0 Å². The topological polar surface area (TPSA) is 26.3 Å². The molecule has 1 atom stereocenters. The lowest BCUT2D eigenvalue weighted by atomic mass is 9.69. The Kier molecular flexibility index (Phi) is 4.25. The standard InChI is InChI=1S/C14H24O2/c1-2-3-4-5-14(15)16-13-10-11-6-8-12(13)9-7-11/h11-13H,2-10H2,1H3. The minimum atomic E-state index is 0.0472. The molecule has 0 N–H and O–H groups in total. The molecule has 0 spiro atoms. The molecular formula is C14H24O2. The summed E-state index contributed by atoms with van der Waals surface area (Å²) in [5.41, 5.74) is 0. The highest BCUT2D eigenvalue weighted by Gasteiger charge is 2.37. The van der Waals surface area contributed by atoms with Crippen LogP contribution in [0.15, 0.2) is 0 Å². The highest BCUT2D eigenvalue weighted by Crippen LogP contribution is 2.42. The molecule has 92 valence electrons. The van der Waals surface area contributed by atoms with Crippen LogP contribution in [-0.2, 0) is 9.53 Å². The molecule has 0 aromatic heterocycles. The zero-order valence-electron chi connectivity index (χ0n) is 10.4. The van der Waals surface area contributed by atoms with Crippen molar-refractivity contribution in [2.45, 2.75) is 70.8 Å². The molecule has 0 amide bonds. The lowest BCUT2D eigenvalue weighted by Gasteiger charge is -2.41. The molecule has 0 aliphatic heterocycles. The van der Waals surface area contributed by atoms with Crippen LogP contribution in [0.1, 0.15) is 64.7 Å². The van der Waals surface area contributed by atoms with Crippen molar-refractivity contribution in [2.75, 3.05) is 0 Å². The molecule has 0 saturated heterocycles. The van der Waals surface area contributed by atoms with E-state index < -0.39 is 0 Å². The molecular weight excluding hydrogens is 200 g/mol. The number of esters is 1. The van der Waals surface area contributed by atoms with E-state index in [1.165, 1.54) is 32.1 Å². The second-order valence-corrected chi connectivity index (χ2v) is 5.50. The van der Waals surface area contributed by atoms with Gasteiger partial charge in [-0.05, 0) is 50.4 Å². The average Bonchev–Trinajstić information content (AvgIpc) is 2.31. The molecule has 2 bridgehead atoms. The third-order valence-electron chi connectivity index (χ3n) is 4.25. The summed E-state index contributed by atoms with van der Waals surface area (Å²) in [5.74, 6) is 1.57. The van der Waals surface area contributed by atoms with E-state index in [1.54, 1.807) is 0 Å². The molecule has 0 heterocycles. The first-order valence-corrected chi connectivity index (χ1v) is 6.99. The third-order valence-corrected chi connectivity index (χ3v) is 4.25. The lowest BCUT2D eigenvalue weighted by Crippen LogP contribution is -2.38. The first-order chi connectivity index (χ1) is 7.79. The Morgan fingerprint density at radius 3 is 2.50 bits per heavy atom. The number of carbonyl (C=O) groups excluding carboxylic acids is 1. The van der Waals surface area contributed by atoms with Crippen molar-refractivity contribution in [1.29, 1.82) is 0 Å². The molecule has 3 saturated carbocycles. The van der Waals surface area contributed by atoms with Crippen LogP contribution in [0.2, 0.25) is 0 Å². The summed E-state index contributed by atoms with van der Waals surface area (Å²) in [6.45, 7) is 2.16. The zero-order valence-corrected chi connectivity index (χ0v) is 10.4. The van der Waals surface area contributed by atoms with Crippen molar-refractivity contribution in [1.82, 2.24) is 0 Å². The van der Waals surface area contributed by atoms with Gasteiger partial charge in [0, 0.05) is 6.42 Å². The van der Waals surface area contributed by atoms with E-state index in [4.69, 9.17) is 4.74 Å². The van der Waals surface area contributed by atoms with Gasteiger partial charge >= 0.3 is 5.97 Å². The van der Waals surface area contributed by atoms with Crippen LogP contribution < -0.4 is 0 Å². The Hall–Kier alpha value is -0.530. The van der Waals surface area contributed by atoms with Gasteiger partial charge in [-0.3, -0.25) is 4.79 Å². The van der Waals surface area contributed by atoms with Crippen molar-refractivity contribution in [2.24, 2.45) is 11.8 Å². The third kappa shape index (κ3) is 2.99. The van der Waals surface area contributed by atoms with Gasteiger partial charge in [-0.2, -0.15) is 0 Å². The number of carbonyl (C=O) groups is 1. The number of hydrogen-bond acceptors (Lipinski definition) is 2. The highest BCUT2D eigenvalue weighted by molar-refractivity contribution is 5.69. The number of rotatable bonds is 5. The first kappa shape index (κ1) is 11.9. The van der Waals surface area contributed by atoms with Crippen LogP contribution in [0, 0.1) is 11.8 Å². The van der Waals surface area contributed by atoms with Gasteiger partial charge in [-0.15, -0.1) is 0 Å². The van der Waals surface area contributed by atoms with Crippen molar-refractivity contribution < 1.29 is 9.53 Å². The minimum Gasteiger partial charge on any atom is -0.462 e. The summed E-state index contributed by atoms with van der Waals surface area (Å²) in [6.07, 6.45) is 10.7. The molecule has 0 aromatic carbocycles. The van der Waals surface area contributed by atoms with E-state index in [0.29, 0.717) is 12.3 Å². The molecule has 0 aromatic rings. The molecule has 3 fully saturated rings. The Balaban J connectivity index is 1.70. The fourth-order valence-electron chi connectivity index (χ4n) is 3.21. The number of hydrogen-bond donors (Lipinski definition) is 0. The van der Waals surface area contributed by atoms with Crippen LogP contribution >= 0.6 is 0 Å². The largest absolute Gasteiger partial charge is 0.462 e. The summed E-state index contributed by atoms with van der Waals surface area (Å²) in [7, 11) is 0.